The van der Waals surface area contributed by atoms with Crippen molar-refractivity contribution in [1.29, 1.82) is 0 Å². The second-order valence-electron chi connectivity index (χ2n) is 7.20. The van der Waals surface area contributed by atoms with E-state index in [1.54, 1.807) is 25.4 Å². The maximum absolute atomic E-state index is 10.2. The highest BCUT2D eigenvalue weighted by Crippen LogP contribution is 2.40. The first kappa shape index (κ1) is 27.0. The molecule has 9 heteroatoms. The summed E-state index contributed by atoms with van der Waals surface area (Å²) >= 11 is 8.39. The number of nitrogens with two attached hydrogens (primary N) is 1. The van der Waals surface area contributed by atoms with Crippen LogP contribution in [0.2, 0.25) is 5.02 Å². The van der Waals surface area contributed by atoms with E-state index in [0.717, 1.165) is 22.0 Å². The largest absolute Gasteiger partial charge is 0.508 e. The number of methoxy groups -OCH3 is 1. The van der Waals surface area contributed by atoms with Gasteiger partial charge in [0.05, 0.1) is 12.6 Å². The van der Waals surface area contributed by atoms with Crippen molar-refractivity contribution < 1.29 is 9.84 Å². The number of nitrogens with zero attached hydrogens (tertiary/aromatic N) is 1. The van der Waals surface area contributed by atoms with Crippen LogP contribution in [0.1, 0.15) is 25.0 Å². The maximum atomic E-state index is 10.2. The molecule has 0 amide bonds. The van der Waals surface area contributed by atoms with E-state index < -0.39 is 9.08 Å². The Labute approximate surface area is 207 Å². The Morgan fingerprint density at radius 3 is 2.53 bits per heavy atom. The van der Waals surface area contributed by atoms with Crippen LogP contribution in [0.25, 0.3) is 10.9 Å². The van der Waals surface area contributed by atoms with Crippen LogP contribution in [0.5, 0.6) is 11.5 Å². The highest BCUT2D eigenvalue weighted by atomic mass is 127. The van der Waals surface area contributed by atoms with Gasteiger partial charge in [0.1, 0.15) is 15.0 Å². The van der Waals surface area contributed by atoms with Crippen LogP contribution in [-0.4, -0.2) is 22.7 Å². The minimum Gasteiger partial charge on any atom is -0.508 e. The number of halogens is 4. The quantitative estimate of drug-likeness (QED) is 0.201. The van der Waals surface area contributed by atoms with Gasteiger partial charge in [0, 0.05) is 34.3 Å². The van der Waals surface area contributed by atoms with Crippen LogP contribution in [0, 0.1) is 0 Å². The number of phenolic OH excluding ortho intramolecular Hbond substituents is 1. The third kappa shape index (κ3) is 5.41. The summed E-state index contributed by atoms with van der Waals surface area (Å²) in [5, 5.41) is 15.3. The standard InChI is InChI=1S/C21H23ClIN3O2.2ClH/c1-20(2,26-12-13-10-15(28-3)5-7-19(13)27)21(23,24)17-8-9-25-18-11-14(22)4-6-16(17)18;;/h4-11,26-27H,12,24H2,1-3H3;2*1H. The number of aromatic hydroxyl groups is 1. The molecule has 0 fully saturated rings. The van der Waals surface area contributed by atoms with E-state index in [-0.39, 0.29) is 30.6 Å². The number of pyridine rings is 1. The van der Waals surface area contributed by atoms with Gasteiger partial charge in [-0.1, -0.05) is 40.3 Å². The summed E-state index contributed by atoms with van der Waals surface area (Å²) in [6, 6.07) is 12.7. The van der Waals surface area contributed by atoms with Gasteiger partial charge in [0.2, 0.25) is 0 Å². The molecule has 0 bridgehead atoms. The van der Waals surface area contributed by atoms with Gasteiger partial charge < -0.3 is 20.9 Å². The van der Waals surface area contributed by atoms with Gasteiger partial charge in [-0.3, -0.25) is 4.98 Å². The number of hydrogen-bond donors (Lipinski definition) is 3. The van der Waals surface area contributed by atoms with Crippen LogP contribution >= 0.6 is 59.0 Å². The highest BCUT2D eigenvalue weighted by molar-refractivity contribution is 14.1. The first-order valence-electron chi connectivity index (χ1n) is 8.79. The Morgan fingerprint density at radius 2 is 1.87 bits per heavy atom. The smallest absolute Gasteiger partial charge is 0.120 e. The number of hydrogen-bond acceptors (Lipinski definition) is 5. The van der Waals surface area contributed by atoms with Gasteiger partial charge in [-0.15, -0.1) is 24.8 Å². The fraction of sp³-hybridized carbons (Fsp3) is 0.286. The van der Waals surface area contributed by atoms with Crippen molar-refractivity contribution in [2.24, 2.45) is 5.73 Å². The summed E-state index contributed by atoms with van der Waals surface area (Å²) in [5.41, 5.74) is 8.84. The van der Waals surface area contributed by atoms with Crippen LogP contribution < -0.4 is 15.8 Å². The van der Waals surface area contributed by atoms with E-state index in [2.05, 4.69) is 32.9 Å². The third-order valence-electron chi connectivity index (χ3n) is 5.01. The first-order valence-corrected chi connectivity index (χ1v) is 10.2. The van der Waals surface area contributed by atoms with Gasteiger partial charge in [0.15, 0.2) is 0 Å². The summed E-state index contributed by atoms with van der Waals surface area (Å²) in [5.74, 6) is 0.905. The molecule has 3 aromatic rings. The average Bonchev–Trinajstić information content (AvgIpc) is 2.66. The zero-order chi connectivity index (χ0) is 20.5. The zero-order valence-corrected chi connectivity index (χ0v) is 21.3. The Bertz CT molecular complexity index is 1020. The normalized spacial score (nSPS) is 13.1. The van der Waals surface area contributed by atoms with Crippen molar-refractivity contribution >= 4 is 69.9 Å². The molecular weight excluding hydrogens is 560 g/mol. The number of alkyl halides is 1. The lowest BCUT2D eigenvalue weighted by molar-refractivity contribution is 0.305. The van der Waals surface area contributed by atoms with Gasteiger partial charge in [-0.2, -0.15) is 0 Å². The second kappa shape index (κ2) is 10.5. The zero-order valence-electron chi connectivity index (χ0n) is 16.8. The number of ether oxygens (including phenoxy) is 1. The minimum absolute atomic E-state index is 0. The number of fused-ring (bicyclic) bond motifs is 1. The molecular formula is C21H25Cl3IN3O2. The Morgan fingerprint density at radius 1 is 1.17 bits per heavy atom. The molecule has 0 saturated heterocycles. The number of phenols is 1. The van der Waals surface area contributed by atoms with Crippen molar-refractivity contribution in [1.82, 2.24) is 10.3 Å². The van der Waals surface area contributed by atoms with E-state index in [0.29, 0.717) is 17.3 Å². The fourth-order valence-corrected chi connectivity index (χ4v) is 3.88. The van der Waals surface area contributed by atoms with Crippen molar-refractivity contribution in [3.8, 4) is 11.5 Å². The van der Waals surface area contributed by atoms with E-state index in [1.165, 1.54) is 0 Å². The van der Waals surface area contributed by atoms with E-state index >= 15 is 0 Å². The van der Waals surface area contributed by atoms with E-state index in [4.69, 9.17) is 22.1 Å². The summed E-state index contributed by atoms with van der Waals surface area (Å²) in [6.07, 6.45) is 1.75. The van der Waals surface area contributed by atoms with Crippen molar-refractivity contribution in [3.05, 3.63) is 64.8 Å². The molecule has 1 atom stereocenters. The minimum atomic E-state index is -0.756. The molecule has 2 aromatic carbocycles. The monoisotopic (exact) mass is 583 g/mol. The van der Waals surface area contributed by atoms with Crippen LogP contribution in [-0.2, 0) is 10.1 Å². The molecule has 5 nitrogen and oxygen atoms in total. The van der Waals surface area contributed by atoms with Gasteiger partial charge >= 0.3 is 0 Å². The number of rotatable bonds is 6. The van der Waals surface area contributed by atoms with E-state index in [9.17, 15) is 5.11 Å². The summed E-state index contributed by atoms with van der Waals surface area (Å²) in [6.45, 7) is 4.52. The van der Waals surface area contributed by atoms with Crippen molar-refractivity contribution in [2.75, 3.05) is 7.11 Å². The molecule has 3 rings (SSSR count). The molecule has 0 aliphatic heterocycles. The molecule has 1 aromatic heterocycles. The molecule has 30 heavy (non-hydrogen) atoms. The predicted octanol–water partition coefficient (Wildman–Crippen LogP) is 5.56. The molecule has 0 radical (unpaired) electrons. The highest BCUT2D eigenvalue weighted by Gasteiger charge is 2.42. The Balaban J connectivity index is 0.00000225. The summed E-state index contributed by atoms with van der Waals surface area (Å²) in [4.78, 5) is 4.41. The lowest BCUT2D eigenvalue weighted by Gasteiger charge is -2.41. The molecule has 0 spiro atoms. The predicted molar refractivity (Wildman–Crippen MR) is 137 cm³/mol. The molecule has 0 saturated carbocycles. The molecule has 1 unspecified atom stereocenters. The van der Waals surface area contributed by atoms with Crippen LogP contribution in [0.15, 0.2) is 48.7 Å². The lowest BCUT2D eigenvalue weighted by Crippen LogP contribution is -2.58. The van der Waals surface area contributed by atoms with Gasteiger partial charge in [0.25, 0.3) is 0 Å². The van der Waals surface area contributed by atoms with E-state index in [1.807, 2.05) is 44.2 Å². The topological polar surface area (TPSA) is 80.4 Å². The third-order valence-corrected chi connectivity index (χ3v) is 7.18. The molecule has 0 aliphatic rings. The molecule has 0 aliphatic carbocycles. The Kier molecular flexibility index (Phi) is 9.47. The van der Waals surface area contributed by atoms with Gasteiger partial charge in [-0.25, -0.2) is 0 Å². The number of nitrogens with one attached hydrogen (secondary N) is 1. The van der Waals surface area contributed by atoms with Crippen LogP contribution in [0.4, 0.5) is 0 Å². The average molecular weight is 585 g/mol. The van der Waals surface area contributed by atoms with Crippen molar-refractivity contribution in [3.63, 3.8) is 0 Å². The Hall–Kier alpha value is -1.03. The maximum Gasteiger partial charge on any atom is 0.120 e. The van der Waals surface area contributed by atoms with Crippen LogP contribution in [0.3, 0.4) is 0 Å². The SMILES string of the molecule is COc1ccc(O)c(CNC(C)(C)C(N)(I)c2ccnc3cc(Cl)ccc23)c1.Cl.Cl. The second-order valence-corrected chi connectivity index (χ2v) is 9.34. The fourth-order valence-electron chi connectivity index (χ4n) is 3.05. The number of aromatic nitrogens is 1. The molecule has 4 N–H and O–H groups in total. The first-order chi connectivity index (χ1) is 13.2. The summed E-state index contributed by atoms with van der Waals surface area (Å²) in [7, 11) is 1.60. The van der Waals surface area contributed by atoms with Gasteiger partial charge in [-0.05, 0) is 55.8 Å². The number of benzene rings is 2. The molecule has 164 valence electrons. The summed E-state index contributed by atoms with van der Waals surface area (Å²) < 4.78 is 4.50. The van der Waals surface area contributed by atoms with Crippen molar-refractivity contribution in [2.45, 2.75) is 29.5 Å². The lowest BCUT2D eigenvalue weighted by atomic mass is 9.87. The molecule has 1 heterocycles.